The maximum atomic E-state index is 11.0. The highest BCUT2D eigenvalue weighted by Crippen LogP contribution is 2.16. The third-order valence-electron chi connectivity index (χ3n) is 5.87. The molecule has 0 aliphatic heterocycles. The van der Waals surface area contributed by atoms with E-state index in [0.29, 0.717) is 6.42 Å². The minimum absolute atomic E-state index is 0.444. The lowest BCUT2D eigenvalue weighted by atomic mass is 10.0. The summed E-state index contributed by atoms with van der Waals surface area (Å²) in [6, 6.07) is 0. The Morgan fingerprint density at radius 3 is 1.18 bits per heavy atom. The van der Waals surface area contributed by atoms with Crippen molar-refractivity contribution in [1.82, 2.24) is 0 Å². The molecule has 0 fully saturated rings. The van der Waals surface area contributed by atoms with Gasteiger partial charge in [0.2, 0.25) is 0 Å². The van der Waals surface area contributed by atoms with Crippen LogP contribution in [0.25, 0.3) is 0 Å². The zero-order valence-electron chi connectivity index (χ0n) is 18.7. The lowest BCUT2D eigenvalue weighted by Gasteiger charge is -2.15. The summed E-state index contributed by atoms with van der Waals surface area (Å²) in [5.41, 5.74) is 0. The smallest absolute Gasteiger partial charge is 0.270 e. The summed E-state index contributed by atoms with van der Waals surface area (Å²) in [5, 5.41) is 8.66. The Morgan fingerprint density at radius 2 is 0.893 bits per heavy atom. The summed E-state index contributed by atoms with van der Waals surface area (Å²) >= 11 is 0. The minimum Gasteiger partial charge on any atom is -0.392 e. The summed E-state index contributed by atoms with van der Waals surface area (Å²) in [7, 11) is -4.13. The van der Waals surface area contributed by atoms with Crippen molar-refractivity contribution in [2.24, 2.45) is 0 Å². The van der Waals surface area contributed by atoms with Gasteiger partial charge in [0.25, 0.3) is 10.1 Å². The second-order valence-electron chi connectivity index (χ2n) is 8.59. The normalized spacial score (nSPS) is 14.3. The van der Waals surface area contributed by atoms with E-state index in [4.69, 9.17) is 4.55 Å². The Hall–Kier alpha value is -0.130. The van der Waals surface area contributed by atoms with Crippen LogP contribution in [0.15, 0.2) is 0 Å². The second kappa shape index (κ2) is 18.9. The molecule has 2 atom stereocenters. The summed E-state index contributed by atoms with van der Waals surface area (Å²) in [6.45, 7) is 3.63. The average molecular weight is 421 g/mol. The average Bonchev–Trinajstić information content (AvgIpc) is 2.65. The fourth-order valence-corrected chi connectivity index (χ4v) is 4.22. The van der Waals surface area contributed by atoms with Crippen molar-refractivity contribution in [2.75, 3.05) is 0 Å². The number of aliphatic hydroxyl groups excluding tert-OH is 1. The minimum atomic E-state index is -4.13. The van der Waals surface area contributed by atoms with Crippen LogP contribution < -0.4 is 0 Å². The van der Waals surface area contributed by atoms with Gasteiger partial charge in [0, 0.05) is 0 Å². The monoisotopic (exact) mass is 420 g/mol. The quantitative estimate of drug-likeness (QED) is 0.154. The molecule has 0 aromatic rings. The zero-order valence-corrected chi connectivity index (χ0v) is 19.5. The molecule has 0 aromatic carbocycles. The molecule has 0 radical (unpaired) electrons. The molecule has 0 aliphatic rings. The third-order valence-corrected chi connectivity index (χ3v) is 7.12. The van der Waals surface area contributed by atoms with Crippen LogP contribution in [0.5, 0.6) is 0 Å². The van der Waals surface area contributed by atoms with E-state index in [1.54, 1.807) is 0 Å². The molecule has 0 rings (SSSR count). The summed E-state index contributed by atoms with van der Waals surface area (Å²) in [5.74, 6) is 0. The standard InChI is InChI=1S/C23H48O4S/c1-3-4-5-6-7-8-9-10-11-12-13-14-15-16-17-18-19-20-21-23(24)22(2)28(25,26)27/h22-24H,3-21H2,1-2H3,(H,25,26,27). The van der Waals surface area contributed by atoms with Gasteiger partial charge in [-0.25, -0.2) is 0 Å². The van der Waals surface area contributed by atoms with E-state index >= 15 is 0 Å². The van der Waals surface area contributed by atoms with Crippen molar-refractivity contribution in [3.05, 3.63) is 0 Å². The predicted octanol–water partition coefficient (Wildman–Crippen LogP) is 7.06. The first-order valence-electron chi connectivity index (χ1n) is 12.0. The largest absolute Gasteiger partial charge is 0.392 e. The van der Waals surface area contributed by atoms with Crippen molar-refractivity contribution >= 4 is 10.1 Å². The highest BCUT2D eigenvalue weighted by atomic mass is 32.2. The van der Waals surface area contributed by atoms with Crippen LogP contribution in [0.3, 0.4) is 0 Å². The van der Waals surface area contributed by atoms with Gasteiger partial charge >= 0.3 is 0 Å². The van der Waals surface area contributed by atoms with Gasteiger partial charge in [0.1, 0.15) is 5.25 Å². The molecule has 0 amide bonds. The SMILES string of the molecule is CCCCCCCCCCCCCCCCCCCCC(O)C(C)S(=O)(=O)O. The van der Waals surface area contributed by atoms with Crippen molar-refractivity contribution < 1.29 is 18.1 Å². The molecule has 5 heteroatoms. The van der Waals surface area contributed by atoms with Crippen LogP contribution in [0.2, 0.25) is 0 Å². The van der Waals surface area contributed by atoms with Crippen LogP contribution >= 0.6 is 0 Å². The van der Waals surface area contributed by atoms with Gasteiger partial charge in [-0.1, -0.05) is 122 Å². The van der Waals surface area contributed by atoms with E-state index in [1.807, 2.05) is 0 Å². The van der Waals surface area contributed by atoms with E-state index < -0.39 is 21.5 Å². The van der Waals surface area contributed by atoms with Gasteiger partial charge in [0.15, 0.2) is 0 Å². The first-order chi connectivity index (χ1) is 13.4. The van der Waals surface area contributed by atoms with E-state index in [2.05, 4.69) is 6.92 Å². The topological polar surface area (TPSA) is 74.6 Å². The van der Waals surface area contributed by atoms with Gasteiger partial charge < -0.3 is 5.11 Å². The summed E-state index contributed by atoms with van der Waals surface area (Å²) < 4.78 is 30.8. The fraction of sp³-hybridized carbons (Fsp3) is 1.00. The van der Waals surface area contributed by atoms with Crippen LogP contribution in [-0.4, -0.2) is 29.4 Å². The highest BCUT2D eigenvalue weighted by Gasteiger charge is 2.25. The molecule has 0 bridgehead atoms. The Morgan fingerprint density at radius 1 is 0.607 bits per heavy atom. The Labute approximate surface area is 175 Å². The maximum absolute atomic E-state index is 11.0. The van der Waals surface area contributed by atoms with Crippen molar-refractivity contribution in [1.29, 1.82) is 0 Å². The number of hydrogen-bond donors (Lipinski definition) is 2. The van der Waals surface area contributed by atoms with Crippen LogP contribution in [0, 0.1) is 0 Å². The molecule has 0 aromatic heterocycles. The molecule has 2 N–H and O–H groups in total. The lowest BCUT2D eigenvalue weighted by Crippen LogP contribution is -2.30. The molecular weight excluding hydrogens is 372 g/mol. The number of aliphatic hydroxyl groups is 1. The fourth-order valence-electron chi connectivity index (χ4n) is 3.69. The Kier molecular flexibility index (Phi) is 18.8. The third kappa shape index (κ3) is 17.9. The molecule has 28 heavy (non-hydrogen) atoms. The summed E-state index contributed by atoms with van der Waals surface area (Å²) in [4.78, 5) is 0. The first kappa shape index (κ1) is 27.9. The lowest BCUT2D eigenvalue weighted by molar-refractivity contribution is 0.155. The molecule has 0 spiro atoms. The summed E-state index contributed by atoms with van der Waals surface area (Å²) in [6.07, 6.45) is 23.1. The highest BCUT2D eigenvalue weighted by molar-refractivity contribution is 7.86. The molecular formula is C23H48O4S. The van der Waals surface area contributed by atoms with E-state index in [-0.39, 0.29) is 0 Å². The molecule has 0 heterocycles. The van der Waals surface area contributed by atoms with Crippen LogP contribution in [0.1, 0.15) is 136 Å². The number of rotatable bonds is 21. The van der Waals surface area contributed by atoms with Gasteiger partial charge in [0.05, 0.1) is 6.10 Å². The Bertz CT molecular complexity index is 422. The zero-order chi connectivity index (χ0) is 21.1. The van der Waals surface area contributed by atoms with Crippen molar-refractivity contribution in [3.63, 3.8) is 0 Å². The number of unbranched alkanes of at least 4 members (excludes halogenated alkanes) is 17. The van der Waals surface area contributed by atoms with Crippen LogP contribution in [0.4, 0.5) is 0 Å². The molecule has 170 valence electrons. The molecule has 4 nitrogen and oxygen atoms in total. The predicted molar refractivity (Wildman–Crippen MR) is 120 cm³/mol. The molecule has 0 saturated heterocycles. The van der Waals surface area contributed by atoms with E-state index in [0.717, 1.165) is 19.3 Å². The van der Waals surface area contributed by atoms with Gasteiger partial charge in [-0.15, -0.1) is 0 Å². The van der Waals surface area contributed by atoms with E-state index in [9.17, 15) is 13.5 Å². The maximum Gasteiger partial charge on any atom is 0.270 e. The second-order valence-corrected chi connectivity index (χ2v) is 10.4. The van der Waals surface area contributed by atoms with Gasteiger partial charge in [-0.3, -0.25) is 4.55 Å². The molecule has 0 aliphatic carbocycles. The van der Waals surface area contributed by atoms with Crippen LogP contribution in [-0.2, 0) is 10.1 Å². The Balaban J connectivity index is 3.22. The van der Waals surface area contributed by atoms with Crippen molar-refractivity contribution in [2.45, 2.75) is 147 Å². The van der Waals surface area contributed by atoms with E-state index in [1.165, 1.54) is 103 Å². The molecule has 0 saturated carbocycles. The van der Waals surface area contributed by atoms with Gasteiger partial charge in [-0.05, 0) is 13.3 Å². The van der Waals surface area contributed by atoms with Gasteiger partial charge in [-0.2, -0.15) is 8.42 Å². The first-order valence-corrected chi connectivity index (χ1v) is 13.5. The number of hydrogen-bond acceptors (Lipinski definition) is 3. The molecule has 2 unspecified atom stereocenters. The van der Waals surface area contributed by atoms with Crippen molar-refractivity contribution in [3.8, 4) is 0 Å².